The molecule has 0 unspecified atom stereocenters. The summed E-state index contributed by atoms with van der Waals surface area (Å²) in [5.41, 5.74) is 1.48. The van der Waals surface area contributed by atoms with Crippen LogP contribution in [0.4, 0.5) is 0 Å². The summed E-state index contributed by atoms with van der Waals surface area (Å²) in [5.74, 6) is -0.195. The number of hydrogen-bond donors (Lipinski definition) is 1. The number of hydrogen-bond acceptors (Lipinski definition) is 2. The summed E-state index contributed by atoms with van der Waals surface area (Å²) < 4.78 is 0.981. The van der Waals surface area contributed by atoms with Crippen molar-refractivity contribution in [3.63, 3.8) is 0 Å². The van der Waals surface area contributed by atoms with Crippen LogP contribution in [0.1, 0.15) is 23.0 Å². The molecule has 1 heterocycles. The van der Waals surface area contributed by atoms with Gasteiger partial charge < -0.3 is 4.98 Å². The first-order chi connectivity index (χ1) is 7.50. The van der Waals surface area contributed by atoms with Gasteiger partial charge in [-0.1, -0.05) is 0 Å². The number of carbonyl (C=O) groups is 1. The van der Waals surface area contributed by atoms with E-state index < -0.39 is 0 Å². The highest BCUT2D eigenvalue weighted by Gasteiger charge is 2.12. The Hall–Kier alpha value is -1.17. The number of nitrogens with one attached hydrogen (secondary N) is 1. The van der Waals surface area contributed by atoms with Crippen LogP contribution in [-0.4, -0.2) is 10.8 Å². The van der Waals surface area contributed by atoms with E-state index in [4.69, 9.17) is 0 Å². The van der Waals surface area contributed by atoms with Crippen molar-refractivity contribution in [2.45, 2.75) is 13.8 Å². The summed E-state index contributed by atoms with van der Waals surface area (Å²) in [6.07, 6.45) is 0. The molecule has 1 aromatic heterocycles. The molecule has 2 aromatic rings. The molecule has 2 rings (SSSR count). The van der Waals surface area contributed by atoms with E-state index in [1.165, 1.54) is 6.92 Å². The molecular formula is C12H10INO2. The molecule has 0 aliphatic heterocycles. The molecule has 3 nitrogen and oxygen atoms in total. The lowest BCUT2D eigenvalue weighted by Gasteiger charge is -2.05. The second kappa shape index (κ2) is 4.01. The average Bonchev–Trinajstić information content (AvgIpc) is 2.19. The first-order valence-corrected chi connectivity index (χ1v) is 5.91. The zero-order valence-electron chi connectivity index (χ0n) is 8.93. The topological polar surface area (TPSA) is 49.9 Å². The molecule has 82 valence electrons. The van der Waals surface area contributed by atoms with E-state index >= 15 is 0 Å². The average molecular weight is 327 g/mol. The third kappa shape index (κ3) is 1.77. The molecule has 1 aromatic carbocycles. The number of ketones is 1. The summed E-state index contributed by atoms with van der Waals surface area (Å²) >= 11 is 2.14. The number of benzene rings is 1. The summed E-state index contributed by atoms with van der Waals surface area (Å²) in [7, 11) is 0. The first kappa shape index (κ1) is 11.3. The van der Waals surface area contributed by atoms with Crippen molar-refractivity contribution in [3.8, 4) is 0 Å². The van der Waals surface area contributed by atoms with E-state index in [0.29, 0.717) is 11.1 Å². The van der Waals surface area contributed by atoms with E-state index in [1.807, 2.05) is 12.1 Å². The molecule has 0 fully saturated rings. The molecule has 1 N–H and O–H groups in total. The molecule has 0 radical (unpaired) electrons. The highest BCUT2D eigenvalue weighted by atomic mass is 127. The third-order valence-corrected chi connectivity index (χ3v) is 3.17. The predicted molar refractivity (Wildman–Crippen MR) is 72.0 cm³/mol. The van der Waals surface area contributed by atoms with Gasteiger partial charge >= 0.3 is 0 Å². The minimum absolute atomic E-state index is 0.183. The number of halogens is 1. The Balaban J connectivity index is 2.96. The maximum absolute atomic E-state index is 12.1. The molecule has 0 saturated heterocycles. The van der Waals surface area contributed by atoms with Crippen LogP contribution in [0.15, 0.2) is 23.0 Å². The second-order valence-electron chi connectivity index (χ2n) is 3.70. The summed E-state index contributed by atoms with van der Waals surface area (Å²) in [5, 5.41) is 0.572. The van der Waals surface area contributed by atoms with Gasteiger partial charge in [-0.2, -0.15) is 0 Å². The van der Waals surface area contributed by atoms with E-state index in [9.17, 15) is 9.59 Å². The number of pyridine rings is 1. The molecule has 0 spiro atoms. The first-order valence-electron chi connectivity index (χ1n) is 4.84. The van der Waals surface area contributed by atoms with Gasteiger partial charge in [0.1, 0.15) is 0 Å². The zero-order chi connectivity index (χ0) is 11.9. The van der Waals surface area contributed by atoms with Gasteiger partial charge in [-0.15, -0.1) is 0 Å². The minimum Gasteiger partial charge on any atom is -0.358 e. The Kier molecular flexibility index (Phi) is 2.84. The summed E-state index contributed by atoms with van der Waals surface area (Å²) in [6.45, 7) is 3.16. The highest BCUT2D eigenvalue weighted by Crippen LogP contribution is 2.15. The van der Waals surface area contributed by atoms with Gasteiger partial charge in [-0.25, -0.2) is 0 Å². The van der Waals surface area contributed by atoms with Crippen molar-refractivity contribution in [2.75, 3.05) is 0 Å². The predicted octanol–water partition coefficient (Wildman–Crippen LogP) is 2.64. The lowest BCUT2D eigenvalue weighted by Crippen LogP contribution is -2.16. The van der Waals surface area contributed by atoms with Crippen molar-refractivity contribution in [3.05, 3.63) is 43.2 Å². The van der Waals surface area contributed by atoms with Crippen molar-refractivity contribution in [2.24, 2.45) is 0 Å². The van der Waals surface area contributed by atoms with Gasteiger partial charge in [-0.05, 0) is 54.6 Å². The number of aromatic nitrogens is 1. The number of fused-ring (bicyclic) bond motifs is 1. The number of carbonyl (C=O) groups excluding carboxylic acids is 1. The fourth-order valence-corrected chi connectivity index (χ4v) is 2.30. The number of aromatic amines is 1. The van der Waals surface area contributed by atoms with Crippen molar-refractivity contribution < 1.29 is 4.79 Å². The molecule has 0 amide bonds. The maximum Gasteiger partial charge on any atom is 0.200 e. The molecule has 0 saturated carbocycles. The number of H-pyrrole nitrogens is 1. The van der Waals surface area contributed by atoms with E-state index in [0.717, 1.165) is 9.09 Å². The molecule has 0 atom stereocenters. The van der Waals surface area contributed by atoms with Gasteiger partial charge in [0.05, 0.1) is 5.56 Å². The molecule has 16 heavy (non-hydrogen) atoms. The van der Waals surface area contributed by atoms with Crippen molar-refractivity contribution >= 4 is 39.3 Å². The maximum atomic E-state index is 12.1. The Morgan fingerprint density at radius 1 is 1.38 bits per heavy atom. The largest absolute Gasteiger partial charge is 0.358 e. The number of rotatable bonds is 1. The number of Topliss-reactive ketones (excluding diaryl/α,β-unsaturated/α-hetero) is 1. The van der Waals surface area contributed by atoms with Gasteiger partial charge in [0.2, 0.25) is 0 Å². The van der Waals surface area contributed by atoms with E-state index in [2.05, 4.69) is 27.6 Å². The monoisotopic (exact) mass is 327 g/mol. The highest BCUT2D eigenvalue weighted by molar-refractivity contribution is 14.1. The summed E-state index contributed by atoms with van der Waals surface area (Å²) in [4.78, 5) is 26.6. The normalized spacial score (nSPS) is 10.7. The fraction of sp³-hybridized carbons (Fsp3) is 0.167. The standard InChI is InChI=1S/C12H10INO2/c1-6-11(7(2)15)12(16)9-5-8(13)3-4-10(9)14-6/h3-5H,1-2H3,(H,14,16). The summed E-state index contributed by atoms with van der Waals surface area (Å²) in [6, 6.07) is 5.57. The fourth-order valence-electron chi connectivity index (χ4n) is 1.81. The van der Waals surface area contributed by atoms with Gasteiger partial charge in [-0.3, -0.25) is 9.59 Å². The second-order valence-corrected chi connectivity index (χ2v) is 4.95. The Morgan fingerprint density at radius 3 is 2.69 bits per heavy atom. The van der Waals surface area contributed by atoms with Crippen LogP contribution in [0, 0.1) is 10.5 Å². The van der Waals surface area contributed by atoms with Gasteiger partial charge in [0, 0.05) is 20.2 Å². The van der Waals surface area contributed by atoms with Crippen LogP contribution in [-0.2, 0) is 0 Å². The van der Waals surface area contributed by atoms with Crippen LogP contribution >= 0.6 is 22.6 Å². The zero-order valence-corrected chi connectivity index (χ0v) is 11.1. The molecule has 0 bridgehead atoms. The van der Waals surface area contributed by atoms with Crippen LogP contribution < -0.4 is 5.43 Å². The van der Waals surface area contributed by atoms with Crippen LogP contribution in [0.3, 0.4) is 0 Å². The number of aryl methyl sites for hydroxylation is 1. The van der Waals surface area contributed by atoms with Crippen LogP contribution in [0.25, 0.3) is 10.9 Å². The third-order valence-electron chi connectivity index (χ3n) is 2.50. The van der Waals surface area contributed by atoms with Crippen LogP contribution in [0.5, 0.6) is 0 Å². The molecular weight excluding hydrogens is 317 g/mol. The van der Waals surface area contributed by atoms with Crippen molar-refractivity contribution in [1.29, 1.82) is 0 Å². The lowest BCUT2D eigenvalue weighted by atomic mass is 10.1. The molecule has 0 aliphatic carbocycles. The SMILES string of the molecule is CC(=O)c1c(C)[nH]c2ccc(I)cc2c1=O. The van der Waals surface area contributed by atoms with E-state index in [-0.39, 0.29) is 16.8 Å². The molecule has 0 aliphatic rings. The van der Waals surface area contributed by atoms with E-state index in [1.54, 1.807) is 13.0 Å². The quantitative estimate of drug-likeness (QED) is 0.647. The smallest absolute Gasteiger partial charge is 0.200 e. The lowest BCUT2D eigenvalue weighted by molar-refractivity contribution is 0.101. The van der Waals surface area contributed by atoms with Gasteiger partial charge in [0.25, 0.3) is 0 Å². The minimum atomic E-state index is -0.195. The molecule has 4 heteroatoms. The van der Waals surface area contributed by atoms with Gasteiger partial charge in [0.15, 0.2) is 11.2 Å². The Labute approximate surface area is 106 Å². The van der Waals surface area contributed by atoms with Crippen LogP contribution in [0.2, 0.25) is 0 Å². The Morgan fingerprint density at radius 2 is 2.06 bits per heavy atom. The van der Waals surface area contributed by atoms with Crippen molar-refractivity contribution in [1.82, 2.24) is 4.98 Å². The Bertz CT molecular complexity index is 643.